The molecule has 3 fully saturated rings. The number of primary amides is 1. The number of hydrogen-bond acceptors (Lipinski definition) is 6. The van der Waals surface area contributed by atoms with Crippen LogP contribution in [0.15, 0.2) is 0 Å². The lowest BCUT2D eigenvalue weighted by Gasteiger charge is -2.38. The number of fused-ring (bicyclic) bond motifs is 1. The Morgan fingerprint density at radius 1 is 0.951 bits per heavy atom. The Morgan fingerprint density at radius 2 is 1.54 bits per heavy atom. The van der Waals surface area contributed by atoms with Gasteiger partial charge in [0.15, 0.2) is 5.78 Å². The standard InChI is InChI=1S/C30H49N5O6/c1-14(2)20(22(36)15(3)4)33-28(41)34-24(29(5,6)7)27(40)35-13-17-19(30(17,8)9)21(35)26(39)32-18(12-16-10-11-16)23(37)25(31)38/h14-21,24H,10-13H2,1-9H3,(H2,31,38)(H,32,39)(H2,33,34,41)/t17?,18?,19-,20-,21-,24+/m0/s1. The highest BCUT2D eigenvalue weighted by molar-refractivity contribution is 6.37. The molecule has 0 aromatic carbocycles. The second-order valence-electron chi connectivity index (χ2n) is 14.6. The number of piperidine rings is 1. The molecule has 2 unspecified atom stereocenters. The summed E-state index contributed by atoms with van der Waals surface area (Å²) in [5.74, 6) is -3.14. The lowest BCUT2D eigenvalue weighted by atomic mass is 9.85. The average molecular weight is 576 g/mol. The third-order valence-electron chi connectivity index (χ3n) is 9.12. The first-order valence-corrected chi connectivity index (χ1v) is 14.8. The van der Waals surface area contributed by atoms with Crippen LogP contribution >= 0.6 is 0 Å². The van der Waals surface area contributed by atoms with E-state index in [2.05, 4.69) is 16.0 Å². The highest BCUT2D eigenvalue weighted by atomic mass is 16.2. The fourth-order valence-electron chi connectivity index (χ4n) is 6.21. The molecule has 2 saturated carbocycles. The number of nitrogens with one attached hydrogen (secondary N) is 3. The van der Waals surface area contributed by atoms with Crippen molar-refractivity contribution in [2.24, 2.45) is 46.2 Å². The average Bonchev–Trinajstić information content (AvgIpc) is 3.70. The molecule has 230 valence electrons. The number of carbonyl (C=O) groups excluding carboxylic acids is 6. The lowest BCUT2D eigenvalue weighted by molar-refractivity contribution is -0.145. The van der Waals surface area contributed by atoms with Crippen LogP contribution in [0.4, 0.5) is 4.79 Å². The molecule has 1 saturated heterocycles. The van der Waals surface area contributed by atoms with Gasteiger partial charge in [-0.2, -0.15) is 0 Å². The zero-order valence-corrected chi connectivity index (χ0v) is 26.0. The zero-order valence-electron chi connectivity index (χ0n) is 26.0. The van der Waals surface area contributed by atoms with Crippen molar-refractivity contribution >= 4 is 35.3 Å². The maximum absolute atomic E-state index is 14.1. The second kappa shape index (κ2) is 11.7. The van der Waals surface area contributed by atoms with Crippen LogP contribution in [-0.2, 0) is 24.0 Å². The Morgan fingerprint density at radius 3 is 2.00 bits per heavy atom. The van der Waals surface area contributed by atoms with E-state index in [9.17, 15) is 28.8 Å². The van der Waals surface area contributed by atoms with Crippen molar-refractivity contribution in [3.05, 3.63) is 0 Å². The highest BCUT2D eigenvalue weighted by Gasteiger charge is 2.70. The summed E-state index contributed by atoms with van der Waals surface area (Å²) in [5, 5.41) is 8.29. The van der Waals surface area contributed by atoms with Gasteiger partial charge in [0.25, 0.3) is 5.91 Å². The minimum absolute atomic E-state index is 0.0827. The molecule has 3 aliphatic rings. The molecule has 41 heavy (non-hydrogen) atoms. The molecule has 11 nitrogen and oxygen atoms in total. The summed E-state index contributed by atoms with van der Waals surface area (Å²) < 4.78 is 0. The Hall–Kier alpha value is -2.98. The first-order chi connectivity index (χ1) is 18.8. The molecule has 0 bridgehead atoms. The molecule has 0 spiro atoms. The van der Waals surface area contributed by atoms with Crippen molar-refractivity contribution < 1.29 is 28.8 Å². The first kappa shape index (κ1) is 32.5. The van der Waals surface area contributed by atoms with Gasteiger partial charge in [0.05, 0.1) is 12.1 Å². The van der Waals surface area contributed by atoms with Gasteiger partial charge in [-0.25, -0.2) is 4.79 Å². The molecular weight excluding hydrogens is 526 g/mol. The maximum Gasteiger partial charge on any atom is 0.316 e. The number of carbonyl (C=O) groups is 6. The van der Waals surface area contributed by atoms with Gasteiger partial charge < -0.3 is 26.6 Å². The molecule has 2 aliphatic carbocycles. The largest absolute Gasteiger partial charge is 0.363 e. The van der Waals surface area contributed by atoms with E-state index >= 15 is 0 Å². The zero-order chi connectivity index (χ0) is 31.2. The third kappa shape index (κ3) is 7.09. The van der Waals surface area contributed by atoms with Crippen LogP contribution < -0.4 is 21.7 Å². The van der Waals surface area contributed by atoms with Gasteiger partial charge in [-0.1, -0.05) is 75.2 Å². The van der Waals surface area contributed by atoms with E-state index in [1.165, 1.54) is 4.90 Å². The van der Waals surface area contributed by atoms with Crippen molar-refractivity contribution in [2.75, 3.05) is 6.54 Å². The predicted molar refractivity (Wildman–Crippen MR) is 153 cm³/mol. The number of nitrogens with two attached hydrogens (primary N) is 1. The van der Waals surface area contributed by atoms with Crippen LogP contribution in [-0.4, -0.2) is 70.9 Å². The van der Waals surface area contributed by atoms with Gasteiger partial charge in [0, 0.05) is 12.5 Å². The molecule has 1 heterocycles. The second-order valence-corrected chi connectivity index (χ2v) is 14.6. The molecule has 6 atom stereocenters. The molecule has 0 aromatic rings. The van der Waals surface area contributed by atoms with Crippen LogP contribution in [0.3, 0.4) is 0 Å². The van der Waals surface area contributed by atoms with E-state index in [0.29, 0.717) is 13.0 Å². The summed E-state index contributed by atoms with van der Waals surface area (Å²) >= 11 is 0. The molecule has 0 radical (unpaired) electrons. The van der Waals surface area contributed by atoms with Gasteiger partial charge >= 0.3 is 6.03 Å². The van der Waals surface area contributed by atoms with E-state index in [-0.39, 0.29) is 40.8 Å². The monoisotopic (exact) mass is 575 g/mol. The fourth-order valence-corrected chi connectivity index (χ4v) is 6.21. The minimum atomic E-state index is -1.10. The van der Waals surface area contributed by atoms with Crippen molar-refractivity contribution in [3.63, 3.8) is 0 Å². The van der Waals surface area contributed by atoms with Crippen LogP contribution in [0.2, 0.25) is 0 Å². The van der Waals surface area contributed by atoms with Gasteiger partial charge in [-0.05, 0) is 40.9 Å². The topological polar surface area (TPSA) is 168 Å². The number of ketones is 2. The van der Waals surface area contributed by atoms with E-state index < -0.39 is 59.1 Å². The molecule has 0 aromatic heterocycles. The highest BCUT2D eigenvalue weighted by Crippen LogP contribution is 2.65. The fraction of sp³-hybridized carbons (Fsp3) is 0.800. The van der Waals surface area contributed by atoms with Crippen LogP contribution in [0, 0.1) is 40.4 Å². The Balaban J connectivity index is 1.82. The quantitative estimate of drug-likeness (QED) is 0.259. The maximum atomic E-state index is 14.1. The lowest BCUT2D eigenvalue weighted by Crippen LogP contribution is -2.62. The van der Waals surface area contributed by atoms with Crippen LogP contribution in [0.25, 0.3) is 0 Å². The number of rotatable bonds is 12. The van der Waals surface area contributed by atoms with Crippen molar-refractivity contribution in [2.45, 2.75) is 106 Å². The SMILES string of the molecule is CC(C)C(=O)[C@@H](NC(=O)N[C@H](C(=O)N1CC2[C@@H]([C@H]1C(=O)NC(CC1CC1)C(=O)C(N)=O)C2(C)C)C(C)(C)C)C(C)C. The number of amides is 5. The van der Waals surface area contributed by atoms with E-state index in [4.69, 9.17) is 5.73 Å². The summed E-state index contributed by atoms with van der Waals surface area (Å²) in [6.45, 7) is 17.1. The van der Waals surface area contributed by atoms with E-state index in [1.807, 2.05) is 48.5 Å². The van der Waals surface area contributed by atoms with E-state index in [1.54, 1.807) is 13.8 Å². The van der Waals surface area contributed by atoms with Crippen molar-refractivity contribution in [1.82, 2.24) is 20.9 Å². The molecule has 5 amide bonds. The van der Waals surface area contributed by atoms with Gasteiger partial charge in [-0.3, -0.25) is 24.0 Å². The van der Waals surface area contributed by atoms with Crippen LogP contribution in [0.5, 0.6) is 0 Å². The van der Waals surface area contributed by atoms with E-state index in [0.717, 1.165) is 12.8 Å². The molecule has 11 heteroatoms. The smallest absolute Gasteiger partial charge is 0.316 e. The number of likely N-dealkylation sites (tertiary alicyclic amines) is 1. The van der Waals surface area contributed by atoms with Crippen LogP contribution in [0.1, 0.15) is 81.6 Å². The molecule has 5 N–H and O–H groups in total. The first-order valence-electron chi connectivity index (χ1n) is 14.8. The Labute approximate surface area is 243 Å². The number of Topliss-reactive ketones (excluding diaryl/α,β-unsaturated/α-hetero) is 2. The molecule has 3 rings (SSSR count). The normalized spacial score (nSPS) is 25.1. The number of urea groups is 1. The Bertz CT molecular complexity index is 1090. The minimum Gasteiger partial charge on any atom is -0.363 e. The molecular formula is C30H49N5O6. The predicted octanol–water partition coefficient (Wildman–Crippen LogP) is 1.77. The summed E-state index contributed by atoms with van der Waals surface area (Å²) in [7, 11) is 0. The van der Waals surface area contributed by atoms with Crippen molar-refractivity contribution in [3.8, 4) is 0 Å². The summed E-state index contributed by atoms with van der Waals surface area (Å²) in [4.78, 5) is 79.4. The number of nitrogens with zero attached hydrogens (tertiary/aromatic N) is 1. The number of hydrogen-bond donors (Lipinski definition) is 4. The van der Waals surface area contributed by atoms with Gasteiger partial charge in [0.1, 0.15) is 12.1 Å². The summed E-state index contributed by atoms with van der Waals surface area (Å²) in [6.07, 6.45) is 2.18. The molecule has 1 aliphatic heterocycles. The third-order valence-corrected chi connectivity index (χ3v) is 9.12. The van der Waals surface area contributed by atoms with Gasteiger partial charge in [0.2, 0.25) is 17.6 Å². The van der Waals surface area contributed by atoms with Crippen molar-refractivity contribution in [1.29, 1.82) is 0 Å². The summed E-state index contributed by atoms with van der Waals surface area (Å²) in [5.41, 5.74) is 4.37. The summed E-state index contributed by atoms with van der Waals surface area (Å²) in [6, 6.07) is -4.22. The van der Waals surface area contributed by atoms with Gasteiger partial charge in [-0.15, -0.1) is 0 Å². The Kier molecular flexibility index (Phi) is 9.30.